The Hall–Kier alpha value is -2.84. The van der Waals surface area contributed by atoms with Crippen LogP contribution in [0, 0.1) is 18.3 Å². The predicted octanol–water partition coefficient (Wildman–Crippen LogP) is 5.22. The molecule has 1 saturated carbocycles. The van der Waals surface area contributed by atoms with E-state index in [-0.39, 0.29) is 5.92 Å². The van der Waals surface area contributed by atoms with Gasteiger partial charge < -0.3 is 14.6 Å². The van der Waals surface area contributed by atoms with Gasteiger partial charge in [-0.3, -0.25) is 4.68 Å². The number of ether oxygens (including phenoxy) is 1. The second-order valence-electron chi connectivity index (χ2n) is 10.1. The number of fused-ring (bicyclic) bond motifs is 1. The molecule has 1 fully saturated rings. The third kappa shape index (κ3) is 5.28. The summed E-state index contributed by atoms with van der Waals surface area (Å²) in [6.45, 7) is 7.94. The van der Waals surface area contributed by atoms with Gasteiger partial charge in [0.2, 0.25) is 5.95 Å². The van der Waals surface area contributed by atoms with Gasteiger partial charge in [-0.2, -0.15) is 15.3 Å². The highest BCUT2D eigenvalue weighted by atomic mass is 28.3. The first-order valence-corrected chi connectivity index (χ1v) is 15.3. The highest BCUT2D eigenvalue weighted by molar-refractivity contribution is 6.76. The van der Waals surface area contributed by atoms with Crippen LogP contribution in [0.5, 0.6) is 0 Å². The number of anilines is 2. The van der Waals surface area contributed by atoms with Crippen molar-refractivity contribution in [2.24, 2.45) is 0 Å². The Morgan fingerprint density at radius 2 is 1.97 bits per heavy atom. The molecule has 1 N–H and O–H groups in total. The zero-order chi connectivity index (χ0) is 24.5. The van der Waals surface area contributed by atoms with Crippen LogP contribution in [0.4, 0.5) is 20.4 Å². The number of hydrogen-bond acceptors (Lipinski definition) is 6. The first kappa shape index (κ1) is 24.3. The van der Waals surface area contributed by atoms with Crippen LogP contribution in [0.3, 0.4) is 0 Å². The Morgan fingerprint density at radius 3 is 2.59 bits per heavy atom. The third-order valence-corrected chi connectivity index (χ3v) is 7.65. The Bertz CT molecular complexity index is 1200. The van der Waals surface area contributed by atoms with E-state index >= 15 is 0 Å². The molecule has 34 heavy (non-hydrogen) atoms. The Morgan fingerprint density at radius 1 is 1.24 bits per heavy atom. The standard InChI is InChI=1S/C23H31F2N7OSi/c1-15-19(13-32(30-15)18(9-24)10-25)27-23-28-21(16-5-6-16)20-17(11-26)12-31(22(20)29-23)14-33-7-8-34(2,3)4/h12-13,16,18H,5-10,14H2,1-4H3,(H,27,28,29). The van der Waals surface area contributed by atoms with E-state index in [0.29, 0.717) is 41.9 Å². The van der Waals surface area contributed by atoms with E-state index in [1.54, 1.807) is 19.3 Å². The monoisotopic (exact) mass is 487 g/mol. The number of alkyl halides is 2. The van der Waals surface area contributed by atoms with Crippen molar-refractivity contribution in [2.75, 3.05) is 25.3 Å². The fourth-order valence-electron chi connectivity index (χ4n) is 3.74. The van der Waals surface area contributed by atoms with Gasteiger partial charge in [-0.25, -0.2) is 13.8 Å². The van der Waals surface area contributed by atoms with Crippen LogP contribution < -0.4 is 5.32 Å². The Balaban J connectivity index is 1.67. The summed E-state index contributed by atoms with van der Waals surface area (Å²) in [5.41, 5.74) is 3.19. The van der Waals surface area contributed by atoms with Gasteiger partial charge in [0.15, 0.2) is 0 Å². The molecule has 1 aliphatic carbocycles. The number of nitrogens with zero attached hydrogens (tertiary/aromatic N) is 6. The number of halogens is 2. The maximum atomic E-state index is 13.1. The quantitative estimate of drug-likeness (QED) is 0.294. The van der Waals surface area contributed by atoms with Gasteiger partial charge in [-0.1, -0.05) is 19.6 Å². The molecule has 0 atom stereocenters. The summed E-state index contributed by atoms with van der Waals surface area (Å²) >= 11 is 0. The van der Waals surface area contributed by atoms with Crippen molar-refractivity contribution in [3.63, 3.8) is 0 Å². The molecule has 1 aliphatic rings. The summed E-state index contributed by atoms with van der Waals surface area (Å²) in [6.07, 6.45) is 5.38. The molecular formula is C23H31F2N7OSi. The van der Waals surface area contributed by atoms with Gasteiger partial charge in [0.25, 0.3) is 0 Å². The van der Waals surface area contributed by atoms with Gasteiger partial charge >= 0.3 is 0 Å². The van der Waals surface area contributed by atoms with E-state index < -0.39 is 27.5 Å². The first-order valence-electron chi connectivity index (χ1n) is 11.6. The van der Waals surface area contributed by atoms with Gasteiger partial charge in [0.1, 0.15) is 37.8 Å². The van der Waals surface area contributed by atoms with Crippen molar-refractivity contribution in [3.8, 4) is 6.07 Å². The number of nitriles is 1. The lowest BCUT2D eigenvalue weighted by atomic mass is 10.1. The predicted molar refractivity (Wildman–Crippen MR) is 130 cm³/mol. The highest BCUT2D eigenvalue weighted by Gasteiger charge is 2.31. The minimum atomic E-state index is -1.21. The van der Waals surface area contributed by atoms with Crippen LogP contribution in [0.2, 0.25) is 25.7 Å². The second kappa shape index (κ2) is 9.80. The van der Waals surface area contributed by atoms with E-state index in [0.717, 1.165) is 30.0 Å². The van der Waals surface area contributed by atoms with E-state index in [1.807, 2.05) is 4.57 Å². The van der Waals surface area contributed by atoms with Gasteiger partial charge in [-0.05, 0) is 25.8 Å². The maximum absolute atomic E-state index is 13.1. The van der Waals surface area contributed by atoms with Crippen LogP contribution >= 0.6 is 0 Å². The van der Waals surface area contributed by atoms with E-state index in [9.17, 15) is 14.0 Å². The molecule has 8 nitrogen and oxygen atoms in total. The summed E-state index contributed by atoms with van der Waals surface area (Å²) in [4.78, 5) is 9.44. The first-order chi connectivity index (χ1) is 16.2. The average molecular weight is 488 g/mol. The van der Waals surface area contributed by atoms with Crippen molar-refractivity contribution >= 4 is 30.7 Å². The maximum Gasteiger partial charge on any atom is 0.229 e. The largest absolute Gasteiger partial charge is 0.361 e. The number of nitrogens with one attached hydrogen (secondary N) is 1. The minimum Gasteiger partial charge on any atom is -0.361 e. The Labute approximate surface area is 199 Å². The Kier molecular flexibility index (Phi) is 7.00. The minimum absolute atomic E-state index is 0.285. The molecule has 0 radical (unpaired) electrons. The van der Waals surface area contributed by atoms with Crippen molar-refractivity contribution in [3.05, 3.63) is 29.3 Å². The molecule has 3 heterocycles. The van der Waals surface area contributed by atoms with Crippen LogP contribution in [-0.4, -0.2) is 52.3 Å². The molecule has 4 rings (SSSR count). The van der Waals surface area contributed by atoms with Crippen molar-refractivity contribution in [1.82, 2.24) is 24.3 Å². The van der Waals surface area contributed by atoms with Crippen LogP contribution in [0.1, 0.15) is 41.8 Å². The van der Waals surface area contributed by atoms with Gasteiger partial charge in [0, 0.05) is 33.0 Å². The third-order valence-electron chi connectivity index (χ3n) is 5.95. The fraction of sp³-hybridized carbons (Fsp3) is 0.565. The molecule has 3 aromatic heterocycles. The van der Waals surface area contributed by atoms with Crippen LogP contribution in [-0.2, 0) is 11.5 Å². The zero-order valence-corrected chi connectivity index (χ0v) is 21.1. The summed E-state index contributed by atoms with van der Waals surface area (Å²) in [5.74, 6) is 0.646. The molecule has 0 saturated heterocycles. The summed E-state index contributed by atoms with van der Waals surface area (Å²) in [5, 5.41) is 17.9. The zero-order valence-electron chi connectivity index (χ0n) is 20.1. The van der Waals surface area contributed by atoms with E-state index in [1.165, 1.54) is 4.68 Å². The number of aryl methyl sites for hydroxylation is 1. The number of aromatic nitrogens is 5. The summed E-state index contributed by atoms with van der Waals surface area (Å²) in [7, 11) is -1.21. The molecule has 3 aromatic rings. The molecule has 0 spiro atoms. The lowest BCUT2D eigenvalue weighted by Gasteiger charge is -2.15. The molecule has 0 bridgehead atoms. The summed E-state index contributed by atoms with van der Waals surface area (Å²) in [6, 6.07) is 2.38. The topological polar surface area (TPSA) is 93.6 Å². The van der Waals surface area contributed by atoms with Gasteiger partial charge in [-0.15, -0.1) is 0 Å². The molecule has 0 amide bonds. The SMILES string of the molecule is Cc1nn(C(CF)CF)cc1Nc1nc(C2CC2)c2c(C#N)cn(COCC[Si](C)(C)C)c2n1. The molecule has 0 aliphatic heterocycles. The van der Waals surface area contributed by atoms with Crippen molar-refractivity contribution in [2.45, 2.75) is 64.1 Å². The summed E-state index contributed by atoms with van der Waals surface area (Å²) < 4.78 is 35.3. The van der Waals surface area contributed by atoms with Crippen LogP contribution in [0.25, 0.3) is 11.0 Å². The van der Waals surface area contributed by atoms with Crippen molar-refractivity contribution in [1.29, 1.82) is 5.26 Å². The average Bonchev–Trinajstić information content (AvgIpc) is 3.49. The second-order valence-corrected chi connectivity index (χ2v) is 15.7. The number of rotatable bonds is 11. The van der Waals surface area contributed by atoms with E-state index in [4.69, 9.17) is 14.7 Å². The van der Waals surface area contributed by atoms with E-state index in [2.05, 4.69) is 36.1 Å². The highest BCUT2D eigenvalue weighted by Crippen LogP contribution is 2.43. The number of hydrogen-bond donors (Lipinski definition) is 1. The smallest absolute Gasteiger partial charge is 0.229 e. The normalized spacial score (nSPS) is 14.2. The lowest BCUT2D eigenvalue weighted by Crippen LogP contribution is -2.22. The molecule has 0 unspecified atom stereocenters. The molecular weight excluding hydrogens is 456 g/mol. The molecule has 0 aromatic carbocycles. The lowest BCUT2D eigenvalue weighted by molar-refractivity contribution is 0.0898. The van der Waals surface area contributed by atoms with Crippen LogP contribution in [0.15, 0.2) is 12.4 Å². The van der Waals surface area contributed by atoms with Crippen molar-refractivity contribution < 1.29 is 13.5 Å². The molecule has 182 valence electrons. The van der Waals surface area contributed by atoms with Gasteiger partial charge in [0.05, 0.1) is 28.0 Å². The molecule has 11 heteroatoms. The fourth-order valence-corrected chi connectivity index (χ4v) is 4.50.